The Morgan fingerprint density at radius 3 is 2.44 bits per heavy atom. The van der Waals surface area contributed by atoms with Gasteiger partial charge in [-0.25, -0.2) is 0 Å². The first kappa shape index (κ1) is 13.4. The highest BCUT2D eigenvalue weighted by molar-refractivity contribution is 5.28. The zero-order chi connectivity index (χ0) is 13.0. The summed E-state index contributed by atoms with van der Waals surface area (Å²) in [5.41, 5.74) is 1.34. The number of nitrogens with one attached hydrogen (secondary N) is 1. The van der Waals surface area contributed by atoms with E-state index in [9.17, 15) is 0 Å². The Kier molecular flexibility index (Phi) is 4.65. The monoisotopic (exact) mass is 247 g/mol. The first-order valence-corrected chi connectivity index (χ1v) is 7.13. The maximum absolute atomic E-state index is 5.19. The molecule has 2 nitrogen and oxygen atoms in total. The van der Waals surface area contributed by atoms with Gasteiger partial charge in [-0.2, -0.15) is 0 Å². The number of hydrogen-bond acceptors (Lipinski definition) is 2. The average molecular weight is 247 g/mol. The van der Waals surface area contributed by atoms with Crippen molar-refractivity contribution in [3.8, 4) is 5.75 Å². The molecular formula is C16H25NO. The molecule has 100 valence electrons. The number of methoxy groups -OCH3 is 1. The molecule has 1 aliphatic carbocycles. The van der Waals surface area contributed by atoms with Crippen molar-refractivity contribution in [3.05, 3.63) is 29.8 Å². The Morgan fingerprint density at radius 2 is 1.94 bits per heavy atom. The second-order valence-electron chi connectivity index (χ2n) is 5.45. The van der Waals surface area contributed by atoms with E-state index in [1.165, 1.54) is 31.2 Å². The third-order valence-corrected chi connectivity index (χ3v) is 3.91. The summed E-state index contributed by atoms with van der Waals surface area (Å²) in [7, 11) is 1.71. The minimum absolute atomic E-state index is 0.416. The molecule has 0 aliphatic heterocycles. The van der Waals surface area contributed by atoms with E-state index < -0.39 is 0 Å². The van der Waals surface area contributed by atoms with Crippen LogP contribution in [0.4, 0.5) is 0 Å². The fourth-order valence-corrected chi connectivity index (χ4v) is 2.45. The summed E-state index contributed by atoms with van der Waals surface area (Å²) in [6, 6.07) is 9.46. The molecule has 1 aromatic rings. The molecule has 2 heteroatoms. The van der Waals surface area contributed by atoms with E-state index in [1.807, 2.05) is 12.1 Å². The molecule has 0 bridgehead atoms. The average Bonchev–Trinajstić information content (AvgIpc) is 3.22. The smallest absolute Gasteiger partial charge is 0.118 e. The number of ether oxygens (including phenoxy) is 1. The first-order chi connectivity index (χ1) is 8.72. The summed E-state index contributed by atoms with van der Waals surface area (Å²) in [6.07, 6.45) is 5.44. The highest BCUT2D eigenvalue weighted by Gasteiger charge is 2.25. The lowest BCUT2D eigenvalue weighted by atomic mass is 10.0. The SMILES string of the molecule is CCC(CC1CC1)NC(C)c1ccc(OC)cc1. The molecule has 2 rings (SSSR count). The zero-order valence-electron chi connectivity index (χ0n) is 11.8. The lowest BCUT2D eigenvalue weighted by Crippen LogP contribution is -2.31. The van der Waals surface area contributed by atoms with Gasteiger partial charge in [-0.1, -0.05) is 31.9 Å². The molecule has 1 saturated carbocycles. The van der Waals surface area contributed by atoms with Crippen molar-refractivity contribution in [2.45, 2.75) is 51.6 Å². The molecular weight excluding hydrogens is 222 g/mol. The number of rotatable bonds is 7. The van der Waals surface area contributed by atoms with Gasteiger partial charge in [-0.05, 0) is 43.4 Å². The third-order valence-electron chi connectivity index (χ3n) is 3.91. The minimum Gasteiger partial charge on any atom is -0.497 e. The minimum atomic E-state index is 0.416. The van der Waals surface area contributed by atoms with E-state index in [1.54, 1.807) is 7.11 Å². The molecule has 1 N–H and O–H groups in total. The van der Waals surface area contributed by atoms with Crippen LogP contribution in [0.5, 0.6) is 5.75 Å². The first-order valence-electron chi connectivity index (χ1n) is 7.13. The fraction of sp³-hybridized carbons (Fsp3) is 0.625. The topological polar surface area (TPSA) is 21.3 Å². The van der Waals surface area contributed by atoms with Crippen LogP contribution in [0.2, 0.25) is 0 Å². The van der Waals surface area contributed by atoms with Gasteiger partial charge in [0.15, 0.2) is 0 Å². The Bertz CT molecular complexity index is 356. The molecule has 0 heterocycles. The Hall–Kier alpha value is -1.02. The van der Waals surface area contributed by atoms with Crippen molar-refractivity contribution in [2.24, 2.45) is 5.92 Å². The summed E-state index contributed by atoms with van der Waals surface area (Å²) < 4.78 is 5.19. The molecule has 1 aromatic carbocycles. The summed E-state index contributed by atoms with van der Waals surface area (Å²) in [6.45, 7) is 4.53. The summed E-state index contributed by atoms with van der Waals surface area (Å²) >= 11 is 0. The van der Waals surface area contributed by atoms with Crippen molar-refractivity contribution in [2.75, 3.05) is 7.11 Å². The van der Waals surface area contributed by atoms with E-state index in [2.05, 4.69) is 31.3 Å². The van der Waals surface area contributed by atoms with E-state index in [4.69, 9.17) is 4.74 Å². The summed E-state index contributed by atoms with van der Waals surface area (Å²) in [4.78, 5) is 0. The molecule has 0 saturated heterocycles. The zero-order valence-corrected chi connectivity index (χ0v) is 11.8. The van der Waals surface area contributed by atoms with Crippen LogP contribution in [-0.4, -0.2) is 13.2 Å². The second kappa shape index (κ2) is 6.24. The van der Waals surface area contributed by atoms with Crippen molar-refractivity contribution in [1.29, 1.82) is 0 Å². The predicted octanol–water partition coefficient (Wildman–Crippen LogP) is 3.92. The quantitative estimate of drug-likeness (QED) is 0.788. The maximum atomic E-state index is 5.19. The van der Waals surface area contributed by atoms with Crippen molar-refractivity contribution < 1.29 is 4.74 Å². The van der Waals surface area contributed by atoms with Crippen molar-refractivity contribution in [3.63, 3.8) is 0 Å². The van der Waals surface area contributed by atoms with Gasteiger partial charge in [-0.15, -0.1) is 0 Å². The van der Waals surface area contributed by atoms with Crippen LogP contribution in [0.1, 0.15) is 51.1 Å². The van der Waals surface area contributed by atoms with Crippen LogP contribution >= 0.6 is 0 Å². The standard InChI is InChI=1S/C16H25NO/c1-4-15(11-13-5-6-13)17-12(2)14-7-9-16(18-3)10-8-14/h7-10,12-13,15,17H,4-6,11H2,1-3H3. The van der Waals surface area contributed by atoms with Crippen molar-refractivity contribution in [1.82, 2.24) is 5.32 Å². The molecule has 18 heavy (non-hydrogen) atoms. The molecule has 0 radical (unpaired) electrons. The molecule has 1 fully saturated rings. The molecule has 1 aliphatic rings. The van der Waals surface area contributed by atoms with Crippen LogP contribution in [0.15, 0.2) is 24.3 Å². The van der Waals surface area contributed by atoms with Gasteiger partial charge in [0, 0.05) is 12.1 Å². The Morgan fingerprint density at radius 1 is 1.28 bits per heavy atom. The molecule has 0 aromatic heterocycles. The van der Waals surface area contributed by atoms with Gasteiger partial charge in [0.1, 0.15) is 5.75 Å². The normalized spacial score (nSPS) is 18.4. The second-order valence-corrected chi connectivity index (χ2v) is 5.45. The third kappa shape index (κ3) is 3.74. The van der Waals surface area contributed by atoms with E-state index in [-0.39, 0.29) is 0 Å². The predicted molar refractivity (Wildman–Crippen MR) is 76.0 cm³/mol. The lowest BCUT2D eigenvalue weighted by Gasteiger charge is -2.22. The Labute approximate surface area is 111 Å². The van der Waals surface area contributed by atoms with Crippen LogP contribution in [-0.2, 0) is 0 Å². The largest absolute Gasteiger partial charge is 0.497 e. The van der Waals surface area contributed by atoms with Gasteiger partial charge in [0.05, 0.1) is 7.11 Å². The number of benzene rings is 1. The Balaban J connectivity index is 1.89. The number of hydrogen-bond donors (Lipinski definition) is 1. The van der Waals surface area contributed by atoms with Crippen LogP contribution < -0.4 is 10.1 Å². The van der Waals surface area contributed by atoms with E-state index in [0.29, 0.717) is 12.1 Å². The molecule has 2 atom stereocenters. The summed E-state index contributed by atoms with van der Waals surface area (Å²) in [5.74, 6) is 1.92. The highest BCUT2D eigenvalue weighted by Crippen LogP contribution is 2.34. The van der Waals surface area contributed by atoms with Gasteiger partial charge < -0.3 is 10.1 Å². The van der Waals surface area contributed by atoms with Gasteiger partial charge in [0.2, 0.25) is 0 Å². The van der Waals surface area contributed by atoms with Gasteiger partial charge in [0.25, 0.3) is 0 Å². The molecule has 2 unspecified atom stereocenters. The summed E-state index contributed by atoms with van der Waals surface area (Å²) in [5, 5.41) is 3.75. The van der Waals surface area contributed by atoms with E-state index >= 15 is 0 Å². The van der Waals surface area contributed by atoms with Crippen LogP contribution in [0.3, 0.4) is 0 Å². The maximum Gasteiger partial charge on any atom is 0.118 e. The van der Waals surface area contributed by atoms with Gasteiger partial charge >= 0.3 is 0 Å². The van der Waals surface area contributed by atoms with E-state index in [0.717, 1.165) is 11.7 Å². The lowest BCUT2D eigenvalue weighted by molar-refractivity contribution is 0.401. The van der Waals surface area contributed by atoms with Crippen molar-refractivity contribution >= 4 is 0 Å². The fourth-order valence-electron chi connectivity index (χ4n) is 2.45. The molecule has 0 amide bonds. The highest BCUT2D eigenvalue weighted by atomic mass is 16.5. The van der Waals surface area contributed by atoms with Crippen LogP contribution in [0, 0.1) is 5.92 Å². The van der Waals surface area contributed by atoms with Crippen LogP contribution in [0.25, 0.3) is 0 Å². The molecule has 0 spiro atoms. The van der Waals surface area contributed by atoms with Gasteiger partial charge in [-0.3, -0.25) is 0 Å².